The number of hydrogen-bond acceptors (Lipinski definition) is 1. The molecule has 4 rings (SSSR count). The number of carbonyl (C=O) groups is 1. The van der Waals surface area contributed by atoms with Crippen LogP contribution in [0.5, 0.6) is 0 Å². The fraction of sp³-hybridized carbons (Fsp3) is 0.292. The van der Waals surface area contributed by atoms with Crippen molar-refractivity contribution < 1.29 is 4.79 Å². The molecule has 0 aliphatic carbocycles. The third kappa shape index (κ3) is 3.59. The van der Waals surface area contributed by atoms with Gasteiger partial charge in [-0.1, -0.05) is 50.6 Å². The lowest BCUT2D eigenvalue weighted by atomic mass is 9.86. The number of hydrogen-bond donors (Lipinski definition) is 1. The second kappa shape index (κ2) is 7.14. The third-order valence-corrected chi connectivity index (χ3v) is 5.72. The van der Waals surface area contributed by atoms with Crippen molar-refractivity contribution in [2.24, 2.45) is 0 Å². The normalized spacial score (nSPS) is 15.0. The van der Waals surface area contributed by atoms with Crippen LogP contribution < -0.4 is 0 Å². The van der Waals surface area contributed by atoms with Crippen molar-refractivity contribution in [2.75, 3.05) is 13.1 Å². The minimum Gasteiger partial charge on any atom is -0.361 e. The van der Waals surface area contributed by atoms with Gasteiger partial charge in [-0.05, 0) is 53.3 Å². The predicted octanol–water partition coefficient (Wildman–Crippen LogP) is 6.05. The first-order chi connectivity index (χ1) is 13.3. The molecule has 0 saturated heterocycles. The van der Waals surface area contributed by atoms with E-state index in [9.17, 15) is 4.79 Å². The number of carbonyl (C=O) groups excluding carboxylic acids is 1. The van der Waals surface area contributed by atoms with Crippen LogP contribution in [0, 0.1) is 0 Å². The van der Waals surface area contributed by atoms with Crippen molar-refractivity contribution in [3.8, 4) is 0 Å². The fourth-order valence-corrected chi connectivity index (χ4v) is 3.92. The molecule has 0 spiro atoms. The summed E-state index contributed by atoms with van der Waals surface area (Å²) in [5.41, 5.74) is 5.61. The van der Waals surface area contributed by atoms with Gasteiger partial charge in [-0.2, -0.15) is 0 Å². The number of nitrogens with one attached hydrogen (secondary N) is 1. The minimum atomic E-state index is 0.0899. The molecule has 0 unspecified atom stereocenters. The molecule has 28 heavy (non-hydrogen) atoms. The summed E-state index contributed by atoms with van der Waals surface area (Å²) in [6.07, 6.45) is 5.04. The lowest BCUT2D eigenvalue weighted by Gasteiger charge is -2.27. The standard InChI is InChI=1S/C24H25ClN2O/c1-24(2,3)18-6-4-17(5-7-18)23(28)27-12-10-16(11-13-27)21-15-26-22-9-8-19(25)14-20(21)22/h4-10,14-15,26H,11-13H2,1-3H3. The van der Waals surface area contributed by atoms with Gasteiger partial charge in [0.1, 0.15) is 0 Å². The highest BCUT2D eigenvalue weighted by atomic mass is 35.5. The monoisotopic (exact) mass is 392 g/mol. The largest absolute Gasteiger partial charge is 0.361 e. The Bertz CT molecular complexity index is 1050. The van der Waals surface area contributed by atoms with Crippen LogP contribution in [0.3, 0.4) is 0 Å². The van der Waals surface area contributed by atoms with Gasteiger partial charge in [0.25, 0.3) is 5.91 Å². The third-order valence-electron chi connectivity index (χ3n) is 5.48. The second-order valence-electron chi connectivity index (χ2n) is 8.45. The van der Waals surface area contributed by atoms with Gasteiger partial charge >= 0.3 is 0 Å². The molecule has 1 aliphatic rings. The van der Waals surface area contributed by atoms with Gasteiger partial charge in [0.15, 0.2) is 0 Å². The van der Waals surface area contributed by atoms with Gasteiger partial charge < -0.3 is 9.88 Å². The summed E-state index contributed by atoms with van der Waals surface area (Å²) >= 11 is 6.17. The maximum atomic E-state index is 12.9. The summed E-state index contributed by atoms with van der Waals surface area (Å²) in [7, 11) is 0. The molecule has 1 aliphatic heterocycles. The molecule has 2 heterocycles. The van der Waals surface area contributed by atoms with E-state index in [2.05, 4.69) is 44.0 Å². The lowest BCUT2D eigenvalue weighted by Crippen LogP contribution is -2.34. The molecule has 3 aromatic rings. The Morgan fingerprint density at radius 2 is 1.86 bits per heavy atom. The topological polar surface area (TPSA) is 36.1 Å². The Balaban J connectivity index is 1.52. The quantitative estimate of drug-likeness (QED) is 0.566. The van der Waals surface area contributed by atoms with Crippen molar-refractivity contribution in [3.05, 3.63) is 76.5 Å². The van der Waals surface area contributed by atoms with Gasteiger partial charge in [-0.15, -0.1) is 0 Å². The van der Waals surface area contributed by atoms with Crippen LogP contribution in [0.2, 0.25) is 5.02 Å². The van der Waals surface area contributed by atoms with Crippen molar-refractivity contribution in [2.45, 2.75) is 32.6 Å². The average Bonchev–Trinajstić information content (AvgIpc) is 3.10. The number of H-pyrrole nitrogens is 1. The zero-order chi connectivity index (χ0) is 19.9. The zero-order valence-electron chi connectivity index (χ0n) is 16.6. The van der Waals surface area contributed by atoms with E-state index >= 15 is 0 Å². The number of amides is 1. The van der Waals surface area contributed by atoms with E-state index < -0.39 is 0 Å². The molecule has 1 N–H and O–H groups in total. The Labute approximate surface area is 171 Å². The van der Waals surface area contributed by atoms with Crippen molar-refractivity contribution >= 4 is 34.0 Å². The highest BCUT2D eigenvalue weighted by Gasteiger charge is 2.21. The number of nitrogens with zero attached hydrogens (tertiary/aromatic N) is 1. The van der Waals surface area contributed by atoms with E-state index in [1.54, 1.807) is 0 Å². The number of rotatable bonds is 2. The average molecular weight is 393 g/mol. The van der Waals surface area contributed by atoms with Crippen molar-refractivity contribution in [1.82, 2.24) is 9.88 Å². The van der Waals surface area contributed by atoms with E-state index in [1.165, 1.54) is 16.7 Å². The SMILES string of the molecule is CC(C)(C)c1ccc(C(=O)N2CC=C(c3c[nH]c4ccc(Cl)cc34)CC2)cc1. The van der Waals surface area contributed by atoms with Crippen LogP contribution in [-0.2, 0) is 5.41 Å². The van der Waals surface area contributed by atoms with Crippen LogP contribution in [0.4, 0.5) is 0 Å². The van der Waals surface area contributed by atoms with E-state index in [0.717, 1.165) is 34.5 Å². The van der Waals surface area contributed by atoms with Crippen LogP contribution in [0.1, 0.15) is 48.7 Å². The molecule has 0 radical (unpaired) electrons. The first-order valence-corrected chi connectivity index (χ1v) is 10.1. The van der Waals surface area contributed by atoms with E-state index in [0.29, 0.717) is 6.54 Å². The summed E-state index contributed by atoms with van der Waals surface area (Å²) in [6, 6.07) is 13.9. The van der Waals surface area contributed by atoms with Gasteiger partial charge in [0.05, 0.1) is 0 Å². The Hall–Kier alpha value is -2.52. The van der Waals surface area contributed by atoms with Crippen LogP contribution >= 0.6 is 11.6 Å². The molecule has 4 heteroatoms. The maximum absolute atomic E-state index is 12.9. The molecule has 0 fully saturated rings. The van der Waals surface area contributed by atoms with Crippen molar-refractivity contribution in [1.29, 1.82) is 0 Å². The first kappa shape index (κ1) is 18.8. The first-order valence-electron chi connectivity index (χ1n) is 9.69. The molecule has 1 amide bonds. The Morgan fingerprint density at radius 3 is 2.50 bits per heavy atom. The summed E-state index contributed by atoms with van der Waals surface area (Å²) < 4.78 is 0. The number of aromatic amines is 1. The van der Waals surface area contributed by atoms with Gasteiger partial charge in [-0.3, -0.25) is 4.79 Å². The number of halogens is 1. The fourth-order valence-electron chi connectivity index (χ4n) is 3.75. The number of benzene rings is 2. The number of fused-ring (bicyclic) bond motifs is 1. The molecule has 2 aromatic carbocycles. The molecular formula is C24H25ClN2O. The summed E-state index contributed by atoms with van der Waals surface area (Å²) in [5.74, 6) is 0.0951. The van der Waals surface area contributed by atoms with Gasteiger partial charge in [-0.25, -0.2) is 0 Å². The van der Waals surface area contributed by atoms with Gasteiger partial charge in [0.2, 0.25) is 0 Å². The summed E-state index contributed by atoms with van der Waals surface area (Å²) in [6.45, 7) is 7.89. The maximum Gasteiger partial charge on any atom is 0.254 e. The molecule has 1 aromatic heterocycles. The van der Waals surface area contributed by atoms with Crippen molar-refractivity contribution in [3.63, 3.8) is 0 Å². The zero-order valence-corrected chi connectivity index (χ0v) is 17.3. The van der Waals surface area contributed by atoms with Crippen LogP contribution in [0.25, 0.3) is 16.5 Å². The van der Waals surface area contributed by atoms with Crippen LogP contribution in [0.15, 0.2) is 54.7 Å². The summed E-state index contributed by atoms with van der Waals surface area (Å²) in [4.78, 5) is 18.1. The summed E-state index contributed by atoms with van der Waals surface area (Å²) in [5, 5.41) is 1.87. The molecule has 144 valence electrons. The number of aromatic nitrogens is 1. The Morgan fingerprint density at radius 1 is 1.11 bits per heavy atom. The van der Waals surface area contributed by atoms with Gasteiger partial charge in [0, 0.05) is 46.3 Å². The molecule has 0 bridgehead atoms. The molecule has 0 atom stereocenters. The highest BCUT2D eigenvalue weighted by molar-refractivity contribution is 6.31. The lowest BCUT2D eigenvalue weighted by molar-refractivity contribution is 0.0773. The second-order valence-corrected chi connectivity index (χ2v) is 8.89. The van der Waals surface area contributed by atoms with E-state index in [1.807, 2.05) is 41.4 Å². The minimum absolute atomic E-state index is 0.0899. The Kier molecular flexibility index (Phi) is 4.80. The van der Waals surface area contributed by atoms with Crippen LogP contribution in [-0.4, -0.2) is 28.9 Å². The molecular weight excluding hydrogens is 368 g/mol. The molecule has 0 saturated carbocycles. The highest BCUT2D eigenvalue weighted by Crippen LogP contribution is 2.31. The molecule has 3 nitrogen and oxygen atoms in total. The smallest absolute Gasteiger partial charge is 0.254 e. The van der Waals surface area contributed by atoms with E-state index in [4.69, 9.17) is 11.6 Å². The predicted molar refractivity (Wildman–Crippen MR) is 117 cm³/mol. The van der Waals surface area contributed by atoms with E-state index in [-0.39, 0.29) is 11.3 Å².